The number of amides is 1. The number of phenols is 1. The van der Waals surface area contributed by atoms with E-state index < -0.39 is 23.5 Å². The zero-order valence-electron chi connectivity index (χ0n) is 27.9. The summed E-state index contributed by atoms with van der Waals surface area (Å²) in [5.74, 6) is -3.07. The fraction of sp³-hybridized carbons (Fsp3) is 0.275. The Hall–Kier alpha value is -5.37. The third-order valence-electron chi connectivity index (χ3n) is 9.04. The summed E-state index contributed by atoms with van der Waals surface area (Å²) in [4.78, 5) is 57.1. The van der Waals surface area contributed by atoms with Crippen molar-refractivity contribution in [3.05, 3.63) is 112 Å². The van der Waals surface area contributed by atoms with Crippen LogP contribution in [-0.4, -0.2) is 38.6 Å². The molecule has 1 heterocycles. The molecule has 1 aromatic heterocycles. The average molecular weight is 643 g/mol. The number of pyridine rings is 1. The second-order valence-corrected chi connectivity index (χ2v) is 14.6. The number of anilines is 1. The molecular weight excluding hydrogens is 604 g/mol. The van der Waals surface area contributed by atoms with Gasteiger partial charge in [0, 0.05) is 22.9 Å². The van der Waals surface area contributed by atoms with E-state index in [-0.39, 0.29) is 45.5 Å². The molecule has 6 rings (SSSR count). The molecule has 1 amide bonds. The highest BCUT2D eigenvalue weighted by atomic mass is 16.4. The Morgan fingerprint density at radius 3 is 2.02 bits per heavy atom. The van der Waals surface area contributed by atoms with Crippen molar-refractivity contribution in [1.29, 1.82) is 0 Å². The van der Waals surface area contributed by atoms with Crippen LogP contribution in [0.3, 0.4) is 0 Å². The van der Waals surface area contributed by atoms with Crippen LogP contribution in [0.2, 0.25) is 0 Å². The number of phenolic OH excluding ortho intramolecular Hbond substituents is 1. The van der Waals surface area contributed by atoms with Gasteiger partial charge in [-0.25, -0.2) is 9.78 Å². The normalized spacial score (nSPS) is 14.8. The third-order valence-corrected chi connectivity index (χ3v) is 9.04. The van der Waals surface area contributed by atoms with Crippen molar-refractivity contribution in [2.24, 2.45) is 0 Å². The first-order valence-corrected chi connectivity index (χ1v) is 16.0. The first-order valence-electron chi connectivity index (χ1n) is 16.0. The largest absolute Gasteiger partial charge is 0.507 e. The molecule has 0 saturated heterocycles. The van der Waals surface area contributed by atoms with Gasteiger partial charge in [0.2, 0.25) is 5.91 Å². The Balaban J connectivity index is 1.27. The Bertz CT molecular complexity index is 2150. The van der Waals surface area contributed by atoms with E-state index in [1.165, 1.54) is 12.1 Å². The van der Waals surface area contributed by atoms with E-state index in [9.17, 15) is 29.4 Å². The van der Waals surface area contributed by atoms with Crippen molar-refractivity contribution in [2.75, 3.05) is 5.32 Å². The number of carbonyl (C=O) groups is 4. The lowest BCUT2D eigenvalue weighted by atomic mass is 9.78. The highest BCUT2D eigenvalue weighted by Gasteiger charge is 2.41. The topological polar surface area (TPSA) is 134 Å². The van der Waals surface area contributed by atoms with Crippen LogP contribution in [0.15, 0.2) is 72.8 Å². The number of fused-ring (bicyclic) bond motifs is 3. The molecule has 0 saturated carbocycles. The van der Waals surface area contributed by atoms with Gasteiger partial charge in [-0.05, 0) is 75.0 Å². The zero-order chi connectivity index (χ0) is 34.7. The summed E-state index contributed by atoms with van der Waals surface area (Å²) in [5.41, 5.74) is 3.70. The highest BCUT2D eigenvalue weighted by Crippen LogP contribution is 2.41. The van der Waals surface area contributed by atoms with Crippen LogP contribution >= 0.6 is 0 Å². The van der Waals surface area contributed by atoms with Crippen LogP contribution < -0.4 is 5.32 Å². The fourth-order valence-electron chi connectivity index (χ4n) is 6.49. The van der Waals surface area contributed by atoms with Gasteiger partial charge in [-0.15, -0.1) is 0 Å². The van der Waals surface area contributed by atoms with Crippen molar-refractivity contribution in [3.63, 3.8) is 0 Å². The summed E-state index contributed by atoms with van der Waals surface area (Å²) in [6.07, 6.45) is 0.651. The Kier molecular flexibility index (Phi) is 7.94. The molecule has 5 aromatic rings. The predicted octanol–water partition coefficient (Wildman–Crippen LogP) is 8.12. The molecule has 8 nitrogen and oxygen atoms in total. The average Bonchev–Trinajstić information content (AvgIpc) is 3.26. The lowest BCUT2D eigenvalue weighted by Gasteiger charge is -2.28. The number of carboxylic acid groups (broad SMARTS) is 1. The number of nitrogens with zero attached hydrogens (tertiary/aromatic N) is 1. The molecule has 4 aromatic carbocycles. The van der Waals surface area contributed by atoms with Gasteiger partial charge in [0.15, 0.2) is 11.6 Å². The van der Waals surface area contributed by atoms with Crippen LogP contribution in [0.25, 0.3) is 21.7 Å². The molecule has 244 valence electrons. The Morgan fingerprint density at radius 2 is 1.40 bits per heavy atom. The smallest absolute Gasteiger partial charge is 0.336 e. The number of aromatic carboxylic acids is 1. The van der Waals surface area contributed by atoms with E-state index >= 15 is 0 Å². The number of Topliss-reactive ketones (excluding diaryl/α,β-unsaturated/α-hetero) is 2. The lowest BCUT2D eigenvalue weighted by molar-refractivity contribution is -0.116. The quantitative estimate of drug-likeness (QED) is 0.159. The van der Waals surface area contributed by atoms with E-state index in [0.29, 0.717) is 34.1 Å². The minimum atomic E-state index is -1.18. The van der Waals surface area contributed by atoms with Gasteiger partial charge in [-0.1, -0.05) is 84.0 Å². The molecule has 1 atom stereocenters. The third kappa shape index (κ3) is 5.83. The molecule has 0 bridgehead atoms. The fourth-order valence-corrected chi connectivity index (χ4v) is 6.49. The molecule has 1 aliphatic rings. The number of aromatic nitrogens is 1. The molecule has 48 heavy (non-hydrogen) atoms. The van der Waals surface area contributed by atoms with Crippen LogP contribution in [0.4, 0.5) is 5.69 Å². The van der Waals surface area contributed by atoms with E-state index in [2.05, 4.69) is 46.9 Å². The summed E-state index contributed by atoms with van der Waals surface area (Å²) in [6, 6.07) is 20.6. The second-order valence-electron chi connectivity index (χ2n) is 14.6. The molecule has 1 unspecified atom stereocenters. The van der Waals surface area contributed by atoms with Gasteiger partial charge in [0.1, 0.15) is 11.7 Å². The minimum absolute atomic E-state index is 0.0536. The summed E-state index contributed by atoms with van der Waals surface area (Å²) in [6.45, 7) is 12.3. The number of carboxylic acids is 1. The summed E-state index contributed by atoms with van der Waals surface area (Å²) in [5, 5.41) is 25.4. The molecule has 0 spiro atoms. The first kappa shape index (κ1) is 32.6. The highest BCUT2D eigenvalue weighted by molar-refractivity contribution is 6.31. The monoisotopic (exact) mass is 642 g/mol. The van der Waals surface area contributed by atoms with Gasteiger partial charge in [-0.3, -0.25) is 14.4 Å². The number of hydrogen-bond acceptors (Lipinski definition) is 6. The first-order chi connectivity index (χ1) is 22.5. The number of carbonyl (C=O) groups excluding carboxylic acids is 3. The van der Waals surface area contributed by atoms with Crippen molar-refractivity contribution < 1.29 is 29.4 Å². The van der Waals surface area contributed by atoms with Gasteiger partial charge < -0.3 is 15.5 Å². The van der Waals surface area contributed by atoms with Crippen molar-refractivity contribution in [1.82, 2.24) is 4.98 Å². The summed E-state index contributed by atoms with van der Waals surface area (Å²) >= 11 is 0. The number of ketones is 2. The molecule has 0 fully saturated rings. The van der Waals surface area contributed by atoms with Gasteiger partial charge in [-0.2, -0.15) is 0 Å². The Labute approximate surface area is 278 Å². The van der Waals surface area contributed by atoms with Crippen molar-refractivity contribution >= 4 is 50.8 Å². The number of nitrogens with one attached hydrogen (secondary N) is 1. The number of aryl methyl sites for hydroxylation is 1. The second kappa shape index (κ2) is 11.7. The Morgan fingerprint density at radius 1 is 0.792 bits per heavy atom. The number of aromatic hydroxyl groups is 1. The zero-order valence-corrected chi connectivity index (χ0v) is 27.9. The van der Waals surface area contributed by atoms with Gasteiger partial charge >= 0.3 is 5.97 Å². The molecule has 0 aliphatic heterocycles. The van der Waals surface area contributed by atoms with Crippen LogP contribution in [0, 0.1) is 0 Å². The maximum atomic E-state index is 13.7. The standard InChI is InChI=1S/C40H38N2O6/c1-39(2,3)28-17-21(18-29(37(28)46)40(4,5)6)13-16-32(43)41-31-12-8-9-22-14-15-30(42-34(22)31)33-35(44)26-19-23-10-7-11-24(38(47)48)25(23)20-27(26)36(33)45/h7-12,14-15,17-20,33,46H,13,16H2,1-6H3,(H,41,43)(H,47,48). The van der Waals surface area contributed by atoms with Crippen LogP contribution in [-0.2, 0) is 22.0 Å². The number of para-hydroxylation sites is 1. The molecule has 1 aliphatic carbocycles. The van der Waals surface area contributed by atoms with E-state index in [4.69, 9.17) is 4.98 Å². The van der Waals surface area contributed by atoms with Crippen molar-refractivity contribution in [2.45, 2.75) is 71.1 Å². The minimum Gasteiger partial charge on any atom is -0.507 e. The SMILES string of the molecule is CC(C)(C)c1cc(CCC(=O)Nc2cccc3ccc(C4C(=O)c5cc6cccc(C(=O)O)c6cc5C4=O)nc23)cc(C(C)(C)C)c1O. The number of rotatable bonds is 6. The summed E-state index contributed by atoms with van der Waals surface area (Å²) < 4.78 is 0. The van der Waals surface area contributed by atoms with Crippen LogP contribution in [0.5, 0.6) is 5.75 Å². The molecule has 8 heteroatoms. The van der Waals surface area contributed by atoms with E-state index in [1.54, 1.807) is 42.5 Å². The summed E-state index contributed by atoms with van der Waals surface area (Å²) in [7, 11) is 0. The van der Waals surface area contributed by atoms with Gasteiger partial charge in [0.25, 0.3) is 0 Å². The van der Waals surface area contributed by atoms with E-state index in [0.717, 1.165) is 22.1 Å². The maximum Gasteiger partial charge on any atom is 0.336 e. The van der Waals surface area contributed by atoms with E-state index in [1.807, 2.05) is 18.2 Å². The van der Waals surface area contributed by atoms with Gasteiger partial charge in [0.05, 0.1) is 22.5 Å². The molecule has 3 N–H and O–H groups in total. The predicted molar refractivity (Wildman–Crippen MR) is 187 cm³/mol. The maximum absolute atomic E-state index is 13.7. The lowest BCUT2D eigenvalue weighted by Crippen LogP contribution is -2.18. The number of hydrogen-bond donors (Lipinski definition) is 3. The van der Waals surface area contributed by atoms with Crippen molar-refractivity contribution in [3.8, 4) is 5.75 Å². The number of benzene rings is 4. The molecule has 0 radical (unpaired) electrons. The van der Waals surface area contributed by atoms with Crippen LogP contribution in [0.1, 0.15) is 107 Å². The molecular formula is C40H38N2O6.